The lowest BCUT2D eigenvalue weighted by molar-refractivity contribution is -0.123. The molecule has 3 rings (SSSR count). The van der Waals surface area contributed by atoms with E-state index in [2.05, 4.69) is 17.6 Å². The zero-order valence-corrected chi connectivity index (χ0v) is 13.5. The van der Waals surface area contributed by atoms with E-state index in [1.54, 1.807) is 6.07 Å². The molecule has 0 aromatic heterocycles. The van der Waals surface area contributed by atoms with Crippen LogP contribution in [0.25, 0.3) is 0 Å². The molecule has 2 N–H and O–H groups in total. The third-order valence-corrected chi connectivity index (χ3v) is 5.14. The molecule has 4 atom stereocenters. The summed E-state index contributed by atoms with van der Waals surface area (Å²) in [4.78, 5) is 12.4. The van der Waals surface area contributed by atoms with Crippen LogP contribution in [0.2, 0.25) is 10.0 Å². The lowest BCUT2D eigenvalue weighted by Crippen LogP contribution is -2.52. The lowest BCUT2D eigenvalue weighted by atomic mass is 9.99. The smallest absolute Gasteiger partial charge is 0.224 e. The van der Waals surface area contributed by atoms with Crippen LogP contribution in [0.4, 0.5) is 0 Å². The zero-order valence-electron chi connectivity index (χ0n) is 12.0. The van der Waals surface area contributed by atoms with Crippen LogP contribution in [0.3, 0.4) is 0 Å². The minimum Gasteiger partial charge on any atom is -0.352 e. The Hall–Kier alpha value is -0.770. The second-order valence-corrected chi connectivity index (χ2v) is 6.96. The summed E-state index contributed by atoms with van der Waals surface area (Å²) >= 11 is 12.1. The first kappa shape index (κ1) is 15.1. The summed E-state index contributed by atoms with van der Waals surface area (Å²) in [6.45, 7) is 3.17. The Balaban J connectivity index is 1.60. The van der Waals surface area contributed by atoms with Gasteiger partial charge in [-0.15, -0.1) is 0 Å². The highest BCUT2D eigenvalue weighted by molar-refractivity contribution is 6.35. The largest absolute Gasteiger partial charge is 0.352 e. The molecule has 1 saturated heterocycles. The maximum Gasteiger partial charge on any atom is 0.224 e. The number of carbonyl (C=O) groups excluding carboxylic acids is 1. The maximum absolute atomic E-state index is 12.4. The van der Waals surface area contributed by atoms with Gasteiger partial charge in [-0.2, -0.15) is 0 Å². The highest BCUT2D eigenvalue weighted by Gasteiger charge is 2.45. The van der Waals surface area contributed by atoms with E-state index in [0.29, 0.717) is 16.1 Å². The van der Waals surface area contributed by atoms with E-state index in [9.17, 15) is 4.79 Å². The van der Waals surface area contributed by atoms with E-state index in [-0.39, 0.29) is 23.8 Å². The number of benzene rings is 1. The zero-order chi connectivity index (χ0) is 15.0. The number of halogens is 2. The Kier molecular flexibility index (Phi) is 4.43. The predicted octanol–water partition coefficient (Wildman–Crippen LogP) is 3.35. The first-order valence-electron chi connectivity index (χ1n) is 7.55. The average Bonchev–Trinajstić information content (AvgIpc) is 3.21. The van der Waals surface area contributed by atoms with E-state index < -0.39 is 0 Å². The van der Waals surface area contributed by atoms with Crippen molar-refractivity contribution in [1.82, 2.24) is 10.6 Å². The quantitative estimate of drug-likeness (QED) is 0.894. The summed E-state index contributed by atoms with van der Waals surface area (Å²) in [7, 11) is 0. The van der Waals surface area contributed by atoms with Crippen LogP contribution < -0.4 is 10.6 Å². The monoisotopic (exact) mass is 326 g/mol. The number of nitrogens with one attached hydrogen (secondary N) is 2. The van der Waals surface area contributed by atoms with Gasteiger partial charge in [0.15, 0.2) is 0 Å². The second kappa shape index (κ2) is 6.15. The first-order valence-corrected chi connectivity index (χ1v) is 8.30. The Bertz CT molecular complexity index is 549. The minimum absolute atomic E-state index is 0.0535. The van der Waals surface area contributed by atoms with Gasteiger partial charge >= 0.3 is 0 Å². The lowest BCUT2D eigenvalue weighted by Gasteiger charge is -2.30. The Morgan fingerprint density at radius 1 is 1.38 bits per heavy atom. The molecule has 1 aliphatic heterocycles. The molecule has 3 nitrogen and oxygen atoms in total. The summed E-state index contributed by atoms with van der Waals surface area (Å²) in [6.07, 6.45) is 3.05. The van der Waals surface area contributed by atoms with Gasteiger partial charge in [-0.25, -0.2) is 0 Å². The van der Waals surface area contributed by atoms with Gasteiger partial charge in [0.05, 0.1) is 0 Å². The maximum atomic E-state index is 12.4. The van der Waals surface area contributed by atoms with Crippen molar-refractivity contribution < 1.29 is 4.79 Å². The van der Waals surface area contributed by atoms with Crippen LogP contribution in [0.1, 0.15) is 37.7 Å². The fraction of sp³-hybridized carbons (Fsp3) is 0.562. The van der Waals surface area contributed by atoms with Gasteiger partial charge in [-0.3, -0.25) is 4.79 Å². The topological polar surface area (TPSA) is 41.1 Å². The SMILES string of the molecule is CC1NCCCC1NC(=O)C1CC1c1ccc(Cl)cc1Cl. The molecule has 0 radical (unpaired) electrons. The second-order valence-electron chi connectivity index (χ2n) is 6.11. The third kappa shape index (κ3) is 3.36. The molecule has 1 heterocycles. The predicted molar refractivity (Wildman–Crippen MR) is 85.9 cm³/mol. The fourth-order valence-corrected chi connectivity index (χ4v) is 3.71. The van der Waals surface area contributed by atoms with Gasteiger partial charge in [0.25, 0.3) is 0 Å². The highest BCUT2D eigenvalue weighted by Crippen LogP contribution is 2.50. The van der Waals surface area contributed by atoms with Gasteiger partial charge in [0.1, 0.15) is 0 Å². The summed E-state index contributed by atoms with van der Waals surface area (Å²) in [5.74, 6) is 0.450. The third-order valence-electron chi connectivity index (χ3n) is 4.58. The van der Waals surface area contributed by atoms with Crippen LogP contribution in [0.5, 0.6) is 0 Å². The molecule has 21 heavy (non-hydrogen) atoms. The Morgan fingerprint density at radius 3 is 2.90 bits per heavy atom. The number of rotatable bonds is 3. The number of piperidine rings is 1. The van der Waals surface area contributed by atoms with Gasteiger partial charge < -0.3 is 10.6 Å². The molecule has 2 aliphatic rings. The van der Waals surface area contributed by atoms with Crippen molar-refractivity contribution in [1.29, 1.82) is 0 Å². The van der Waals surface area contributed by atoms with Crippen molar-refractivity contribution >= 4 is 29.1 Å². The fourth-order valence-electron chi connectivity index (χ4n) is 3.16. The van der Waals surface area contributed by atoms with Crippen LogP contribution in [-0.2, 0) is 4.79 Å². The number of hydrogen-bond acceptors (Lipinski definition) is 2. The molecular formula is C16H20Cl2N2O. The van der Waals surface area contributed by atoms with Crippen molar-refractivity contribution in [2.24, 2.45) is 5.92 Å². The molecule has 4 unspecified atom stereocenters. The molecule has 0 bridgehead atoms. The van der Waals surface area contributed by atoms with Crippen LogP contribution >= 0.6 is 23.2 Å². The molecule has 1 aliphatic carbocycles. The van der Waals surface area contributed by atoms with Gasteiger partial charge in [0.2, 0.25) is 5.91 Å². The molecule has 1 amide bonds. The highest BCUT2D eigenvalue weighted by atomic mass is 35.5. The number of amides is 1. The van der Waals surface area contributed by atoms with E-state index in [4.69, 9.17) is 23.2 Å². The molecular weight excluding hydrogens is 307 g/mol. The van der Waals surface area contributed by atoms with Crippen molar-refractivity contribution in [3.05, 3.63) is 33.8 Å². The molecule has 114 valence electrons. The minimum atomic E-state index is 0.0535. The molecule has 1 saturated carbocycles. The molecule has 1 aromatic rings. The van der Waals surface area contributed by atoms with E-state index in [0.717, 1.165) is 31.4 Å². The van der Waals surface area contributed by atoms with Crippen LogP contribution in [0, 0.1) is 5.92 Å². The molecule has 5 heteroatoms. The number of hydrogen-bond donors (Lipinski definition) is 2. The Morgan fingerprint density at radius 2 is 2.19 bits per heavy atom. The first-order chi connectivity index (χ1) is 10.1. The van der Waals surface area contributed by atoms with E-state index >= 15 is 0 Å². The molecule has 2 fully saturated rings. The summed E-state index contributed by atoms with van der Waals surface area (Å²) in [5, 5.41) is 7.89. The standard InChI is InChI=1S/C16H20Cl2N2O/c1-9-15(3-2-6-19-9)20-16(21)13-8-12(13)11-5-4-10(17)7-14(11)18/h4-5,7,9,12-13,15,19H,2-3,6,8H2,1H3,(H,20,21). The summed E-state index contributed by atoms with van der Waals surface area (Å²) in [6, 6.07) is 6.11. The van der Waals surface area contributed by atoms with Crippen LogP contribution in [-0.4, -0.2) is 24.5 Å². The van der Waals surface area contributed by atoms with Crippen molar-refractivity contribution in [2.75, 3.05) is 6.54 Å². The Labute approximate surface area is 135 Å². The summed E-state index contributed by atoms with van der Waals surface area (Å²) in [5.41, 5.74) is 1.04. The summed E-state index contributed by atoms with van der Waals surface area (Å²) < 4.78 is 0. The van der Waals surface area contributed by atoms with E-state index in [1.807, 2.05) is 12.1 Å². The molecule has 0 spiro atoms. The molecule has 1 aromatic carbocycles. The van der Waals surface area contributed by atoms with Crippen molar-refractivity contribution in [2.45, 2.75) is 44.2 Å². The van der Waals surface area contributed by atoms with Crippen molar-refractivity contribution in [3.8, 4) is 0 Å². The van der Waals surface area contributed by atoms with Crippen LogP contribution in [0.15, 0.2) is 18.2 Å². The van der Waals surface area contributed by atoms with Crippen molar-refractivity contribution in [3.63, 3.8) is 0 Å². The number of carbonyl (C=O) groups is 1. The van der Waals surface area contributed by atoms with Gasteiger partial charge in [-0.05, 0) is 56.3 Å². The van der Waals surface area contributed by atoms with Gasteiger partial charge in [0, 0.05) is 28.0 Å². The van der Waals surface area contributed by atoms with Gasteiger partial charge in [-0.1, -0.05) is 29.3 Å². The van der Waals surface area contributed by atoms with E-state index in [1.165, 1.54) is 0 Å². The average molecular weight is 327 g/mol. The normalized spacial score (nSPS) is 31.8.